The van der Waals surface area contributed by atoms with Crippen molar-refractivity contribution < 1.29 is 9.90 Å². The summed E-state index contributed by atoms with van der Waals surface area (Å²) in [5.41, 5.74) is 0.729. The Morgan fingerprint density at radius 3 is 2.65 bits per heavy atom. The van der Waals surface area contributed by atoms with Gasteiger partial charge in [0.05, 0.1) is 17.2 Å². The zero-order chi connectivity index (χ0) is 13.4. The van der Waals surface area contributed by atoms with E-state index in [1.54, 1.807) is 42.7 Å². The van der Waals surface area contributed by atoms with E-state index in [9.17, 15) is 10.1 Å². The van der Waals surface area contributed by atoms with Crippen molar-refractivity contribution >= 4 is 57.1 Å². The number of benzene rings is 2. The molecule has 1 aromatic heterocycles. The first kappa shape index (κ1) is 14.5. The molecule has 3 rings (SSSR count). The Bertz CT molecular complexity index is 869. The first-order valence-corrected chi connectivity index (χ1v) is 5.64. The third kappa shape index (κ3) is 2.27. The zero-order valence-corrected chi connectivity index (χ0v) is 9.79. The number of nitrogens with zero attached hydrogens (tertiary/aromatic N) is 2. The summed E-state index contributed by atoms with van der Waals surface area (Å²) in [6.07, 6.45) is 3.33. The Labute approximate surface area is 137 Å². The molecule has 0 spiro atoms. The van der Waals surface area contributed by atoms with Crippen molar-refractivity contribution in [2.24, 2.45) is 0 Å². The average Bonchev–Trinajstić information content (AvgIpc) is 2.45. The number of hydrogen-bond acceptors (Lipinski definition) is 3. The van der Waals surface area contributed by atoms with E-state index in [1.807, 2.05) is 0 Å². The number of hydrogen-bond donors (Lipinski definition) is 1. The Hall–Kier alpha value is -1.93. The van der Waals surface area contributed by atoms with Gasteiger partial charge in [-0.15, -0.1) is 0 Å². The molecule has 1 heterocycles. The monoisotopic (exact) mass is 272 g/mol. The number of fused-ring (bicyclic) bond motifs is 3. The first-order valence-electron chi connectivity index (χ1n) is 5.64. The van der Waals surface area contributed by atoms with Gasteiger partial charge in [-0.2, -0.15) is 5.26 Å². The Kier molecular flexibility index (Phi) is 4.05. The Morgan fingerprint density at radius 2 is 1.95 bits per heavy atom. The number of rotatable bonds is 1. The van der Waals surface area contributed by atoms with Crippen LogP contribution in [0.5, 0.6) is 0 Å². The Balaban J connectivity index is 0.00000147. The molecule has 4 nitrogen and oxygen atoms in total. The summed E-state index contributed by atoms with van der Waals surface area (Å²) in [6, 6.07) is 10.5. The van der Waals surface area contributed by atoms with Crippen molar-refractivity contribution in [3.8, 4) is 6.07 Å². The van der Waals surface area contributed by atoms with Gasteiger partial charge in [0.25, 0.3) is 0 Å². The summed E-state index contributed by atoms with van der Waals surface area (Å²) < 4.78 is 0. The van der Waals surface area contributed by atoms with Crippen LogP contribution in [-0.4, -0.2) is 45.6 Å². The summed E-state index contributed by atoms with van der Waals surface area (Å²) in [5, 5.41) is 21.5. The molecule has 3 aromatic rings. The van der Waals surface area contributed by atoms with E-state index in [4.69, 9.17) is 5.11 Å². The minimum atomic E-state index is -0.980. The summed E-state index contributed by atoms with van der Waals surface area (Å²) in [5.74, 6) is -0.980. The van der Waals surface area contributed by atoms with Gasteiger partial charge in [0.2, 0.25) is 0 Å². The van der Waals surface area contributed by atoms with Crippen LogP contribution in [0.3, 0.4) is 0 Å². The normalized spacial score (nSPS) is 9.95. The average molecular weight is 272 g/mol. The van der Waals surface area contributed by atoms with Crippen LogP contribution in [0.25, 0.3) is 21.5 Å². The van der Waals surface area contributed by atoms with Crippen molar-refractivity contribution in [3.05, 3.63) is 53.9 Å². The molecule has 0 radical (unpaired) electrons. The first-order chi connectivity index (χ1) is 9.20. The molecule has 0 unspecified atom stereocenters. The third-order valence-corrected chi connectivity index (χ3v) is 3.12. The standard InChI is InChI=1S/C15H8N2O2.Na.H/c16-7-11-6-10-5-9(15(18)19)1-2-12(10)14-8-17-4-3-13(11)14;;/h1-6,8H,(H,18,19);;. The number of aromatic nitrogens is 1. The van der Waals surface area contributed by atoms with Gasteiger partial charge in [0.1, 0.15) is 0 Å². The maximum absolute atomic E-state index is 11.0. The molecule has 0 bridgehead atoms. The number of pyridine rings is 1. The molecule has 0 saturated carbocycles. The summed E-state index contributed by atoms with van der Waals surface area (Å²) in [4.78, 5) is 15.1. The van der Waals surface area contributed by atoms with Gasteiger partial charge in [0.15, 0.2) is 0 Å². The van der Waals surface area contributed by atoms with Crippen molar-refractivity contribution in [1.29, 1.82) is 5.26 Å². The molecule has 0 aliphatic rings. The molecule has 0 aliphatic heterocycles. The molecular formula is C15H9N2NaO2. The van der Waals surface area contributed by atoms with Crippen LogP contribution >= 0.6 is 0 Å². The topological polar surface area (TPSA) is 74.0 Å². The van der Waals surface area contributed by atoms with Gasteiger partial charge in [-0.1, -0.05) is 6.07 Å². The van der Waals surface area contributed by atoms with Crippen LogP contribution in [0.4, 0.5) is 0 Å². The van der Waals surface area contributed by atoms with Gasteiger partial charge in [-0.25, -0.2) is 4.79 Å². The second-order valence-corrected chi connectivity index (χ2v) is 4.20. The van der Waals surface area contributed by atoms with E-state index >= 15 is 0 Å². The molecule has 20 heavy (non-hydrogen) atoms. The van der Waals surface area contributed by atoms with Crippen molar-refractivity contribution in [2.45, 2.75) is 0 Å². The molecule has 0 amide bonds. The predicted molar refractivity (Wildman–Crippen MR) is 78.1 cm³/mol. The number of carboxylic acid groups (broad SMARTS) is 1. The van der Waals surface area contributed by atoms with Gasteiger partial charge in [0, 0.05) is 23.2 Å². The molecule has 0 atom stereocenters. The predicted octanol–water partition coefficient (Wildman–Crippen LogP) is 2.31. The van der Waals surface area contributed by atoms with Crippen molar-refractivity contribution in [2.75, 3.05) is 0 Å². The SMILES string of the molecule is N#Cc1cc2cc(C(=O)O)ccc2c2cnccc12.[NaH]. The molecule has 0 aliphatic carbocycles. The zero-order valence-electron chi connectivity index (χ0n) is 9.79. The Morgan fingerprint density at radius 1 is 1.15 bits per heavy atom. The van der Waals surface area contributed by atoms with Crippen LogP contribution < -0.4 is 0 Å². The van der Waals surface area contributed by atoms with Gasteiger partial charge in [-0.05, 0) is 35.0 Å². The number of carbonyl (C=O) groups is 1. The fraction of sp³-hybridized carbons (Fsp3) is 0. The van der Waals surface area contributed by atoms with E-state index in [1.165, 1.54) is 0 Å². The van der Waals surface area contributed by atoms with E-state index in [-0.39, 0.29) is 35.1 Å². The fourth-order valence-corrected chi connectivity index (χ4v) is 2.23. The van der Waals surface area contributed by atoms with E-state index in [2.05, 4.69) is 11.1 Å². The van der Waals surface area contributed by atoms with Crippen molar-refractivity contribution in [3.63, 3.8) is 0 Å². The number of nitriles is 1. The van der Waals surface area contributed by atoms with Crippen LogP contribution in [0.2, 0.25) is 0 Å². The third-order valence-electron chi connectivity index (χ3n) is 3.12. The second-order valence-electron chi connectivity index (χ2n) is 4.20. The molecule has 0 fully saturated rings. The summed E-state index contributed by atoms with van der Waals surface area (Å²) in [7, 11) is 0. The second kappa shape index (κ2) is 5.59. The molecule has 5 heteroatoms. The number of aromatic carboxylic acids is 1. The van der Waals surface area contributed by atoms with Crippen LogP contribution in [0.15, 0.2) is 42.7 Å². The molecular weight excluding hydrogens is 263 g/mol. The van der Waals surface area contributed by atoms with E-state index < -0.39 is 5.97 Å². The fourth-order valence-electron chi connectivity index (χ4n) is 2.23. The van der Waals surface area contributed by atoms with Crippen molar-refractivity contribution in [1.82, 2.24) is 4.98 Å². The van der Waals surface area contributed by atoms with Gasteiger partial charge in [-0.3, -0.25) is 4.98 Å². The van der Waals surface area contributed by atoms with E-state index in [0.29, 0.717) is 5.56 Å². The quantitative estimate of drug-likeness (QED) is 0.545. The van der Waals surface area contributed by atoms with Crippen LogP contribution in [0.1, 0.15) is 15.9 Å². The molecule has 92 valence electrons. The number of carboxylic acids is 1. The molecule has 0 saturated heterocycles. The van der Waals surface area contributed by atoms with Gasteiger partial charge >= 0.3 is 35.5 Å². The molecule has 1 N–H and O–H groups in total. The summed E-state index contributed by atoms with van der Waals surface area (Å²) >= 11 is 0. The van der Waals surface area contributed by atoms with Crippen LogP contribution in [0, 0.1) is 11.3 Å². The van der Waals surface area contributed by atoms with E-state index in [0.717, 1.165) is 21.5 Å². The minimum absolute atomic E-state index is 0. The maximum atomic E-state index is 11.0. The molecule has 2 aromatic carbocycles. The van der Waals surface area contributed by atoms with Crippen LogP contribution in [-0.2, 0) is 0 Å². The van der Waals surface area contributed by atoms with Gasteiger partial charge < -0.3 is 5.11 Å². The summed E-state index contributed by atoms with van der Waals surface area (Å²) in [6.45, 7) is 0.